The van der Waals surface area contributed by atoms with Crippen molar-refractivity contribution in [3.63, 3.8) is 0 Å². The lowest BCUT2D eigenvalue weighted by molar-refractivity contribution is 0.0783. The summed E-state index contributed by atoms with van der Waals surface area (Å²) in [5.74, 6) is 0. The molecule has 0 amide bonds. The lowest BCUT2D eigenvalue weighted by Crippen LogP contribution is -2.32. The van der Waals surface area contributed by atoms with Crippen molar-refractivity contribution in [2.45, 2.75) is 38.3 Å². The molecule has 2 atom stereocenters. The molecule has 0 bridgehead atoms. The van der Waals surface area contributed by atoms with E-state index in [1.807, 2.05) is 17.9 Å². The van der Waals surface area contributed by atoms with Crippen LogP contribution in [0.2, 0.25) is 0 Å². The zero-order chi connectivity index (χ0) is 11.4. The molecule has 4 heteroatoms. The van der Waals surface area contributed by atoms with E-state index in [0.29, 0.717) is 12.1 Å². The van der Waals surface area contributed by atoms with E-state index in [1.54, 1.807) is 0 Å². The largest absolute Gasteiger partial charge is 0.376 e. The summed E-state index contributed by atoms with van der Waals surface area (Å²) in [5.41, 5.74) is 1.24. The fourth-order valence-corrected chi connectivity index (χ4v) is 2.23. The highest BCUT2D eigenvalue weighted by Gasteiger charge is 2.27. The number of aryl methyl sites for hydroxylation is 1. The number of hydrogen-bond acceptors (Lipinski definition) is 3. The predicted molar refractivity (Wildman–Crippen MR) is 63.2 cm³/mol. The summed E-state index contributed by atoms with van der Waals surface area (Å²) in [5, 5.41) is 7.80. The molecule has 1 aliphatic heterocycles. The van der Waals surface area contributed by atoms with E-state index in [4.69, 9.17) is 4.74 Å². The number of rotatable bonds is 5. The molecule has 0 aliphatic carbocycles. The highest BCUT2D eigenvalue weighted by Crippen LogP contribution is 2.26. The average Bonchev–Trinajstić information content (AvgIpc) is 2.91. The van der Waals surface area contributed by atoms with Crippen molar-refractivity contribution in [2.24, 2.45) is 7.05 Å². The Morgan fingerprint density at radius 1 is 1.69 bits per heavy atom. The number of nitrogens with one attached hydrogen (secondary N) is 1. The van der Waals surface area contributed by atoms with Crippen molar-refractivity contribution in [1.82, 2.24) is 15.1 Å². The van der Waals surface area contributed by atoms with Crippen LogP contribution in [0, 0.1) is 0 Å². The molecule has 1 fully saturated rings. The molecular formula is C12H21N3O. The first-order valence-corrected chi connectivity index (χ1v) is 6.14. The van der Waals surface area contributed by atoms with Crippen molar-refractivity contribution in [2.75, 3.05) is 13.2 Å². The number of aromatic nitrogens is 2. The maximum absolute atomic E-state index is 5.78. The molecule has 0 saturated carbocycles. The van der Waals surface area contributed by atoms with Gasteiger partial charge in [0.2, 0.25) is 0 Å². The van der Waals surface area contributed by atoms with Gasteiger partial charge in [-0.25, -0.2) is 0 Å². The summed E-state index contributed by atoms with van der Waals surface area (Å²) in [4.78, 5) is 0. The third-order valence-corrected chi connectivity index (χ3v) is 3.03. The number of ether oxygens (including phenoxy) is 1. The molecule has 16 heavy (non-hydrogen) atoms. The first-order chi connectivity index (χ1) is 7.81. The average molecular weight is 223 g/mol. The van der Waals surface area contributed by atoms with E-state index in [2.05, 4.69) is 23.5 Å². The van der Waals surface area contributed by atoms with Gasteiger partial charge in [0, 0.05) is 25.4 Å². The SMILES string of the molecule is CCCNC(c1cnn(C)c1)C1CCCO1. The molecule has 2 unspecified atom stereocenters. The maximum atomic E-state index is 5.78. The van der Waals surface area contributed by atoms with Gasteiger partial charge in [0.15, 0.2) is 0 Å². The van der Waals surface area contributed by atoms with Crippen LogP contribution in [0.4, 0.5) is 0 Å². The Morgan fingerprint density at radius 3 is 3.12 bits per heavy atom. The predicted octanol–water partition coefficient (Wildman–Crippen LogP) is 1.64. The minimum absolute atomic E-state index is 0.302. The zero-order valence-electron chi connectivity index (χ0n) is 10.1. The summed E-state index contributed by atoms with van der Waals surface area (Å²) in [6.45, 7) is 4.11. The molecule has 4 nitrogen and oxygen atoms in total. The maximum Gasteiger partial charge on any atom is 0.0771 e. The Morgan fingerprint density at radius 2 is 2.56 bits per heavy atom. The van der Waals surface area contributed by atoms with Gasteiger partial charge in [-0.3, -0.25) is 4.68 Å². The van der Waals surface area contributed by atoms with Crippen LogP contribution >= 0.6 is 0 Å². The van der Waals surface area contributed by atoms with Crippen molar-refractivity contribution >= 4 is 0 Å². The highest BCUT2D eigenvalue weighted by molar-refractivity contribution is 5.12. The number of nitrogens with zero attached hydrogens (tertiary/aromatic N) is 2. The fourth-order valence-electron chi connectivity index (χ4n) is 2.23. The van der Waals surface area contributed by atoms with Crippen molar-refractivity contribution < 1.29 is 4.74 Å². The van der Waals surface area contributed by atoms with Crippen molar-refractivity contribution in [1.29, 1.82) is 0 Å². The van der Waals surface area contributed by atoms with Crippen LogP contribution in [-0.2, 0) is 11.8 Å². The van der Waals surface area contributed by atoms with E-state index in [0.717, 1.165) is 26.0 Å². The third kappa shape index (κ3) is 2.62. The molecular weight excluding hydrogens is 202 g/mol. The van der Waals surface area contributed by atoms with E-state index in [1.165, 1.54) is 12.0 Å². The quantitative estimate of drug-likeness (QED) is 0.825. The zero-order valence-corrected chi connectivity index (χ0v) is 10.1. The first-order valence-electron chi connectivity index (χ1n) is 6.14. The topological polar surface area (TPSA) is 39.1 Å². The molecule has 1 saturated heterocycles. The van der Waals surface area contributed by atoms with Crippen LogP contribution in [0.5, 0.6) is 0 Å². The van der Waals surface area contributed by atoms with Crippen LogP contribution in [-0.4, -0.2) is 29.0 Å². The summed E-state index contributed by atoms with van der Waals surface area (Å²) in [6, 6.07) is 0.302. The third-order valence-electron chi connectivity index (χ3n) is 3.03. The molecule has 0 spiro atoms. The van der Waals surface area contributed by atoms with Gasteiger partial charge in [-0.05, 0) is 25.8 Å². The Balaban J connectivity index is 2.06. The molecule has 1 aromatic rings. The van der Waals surface area contributed by atoms with Crippen LogP contribution in [0.1, 0.15) is 37.8 Å². The molecule has 1 N–H and O–H groups in total. The van der Waals surface area contributed by atoms with Gasteiger partial charge in [-0.1, -0.05) is 6.92 Å². The normalized spacial score (nSPS) is 22.5. The molecule has 90 valence electrons. The molecule has 1 aromatic heterocycles. The Labute approximate surface area is 97.0 Å². The van der Waals surface area contributed by atoms with Crippen LogP contribution in [0.3, 0.4) is 0 Å². The second kappa shape index (κ2) is 5.46. The minimum Gasteiger partial charge on any atom is -0.376 e. The molecule has 1 aliphatic rings. The molecule has 2 rings (SSSR count). The van der Waals surface area contributed by atoms with Gasteiger partial charge >= 0.3 is 0 Å². The minimum atomic E-state index is 0.302. The summed E-state index contributed by atoms with van der Waals surface area (Å²) >= 11 is 0. The molecule has 2 heterocycles. The smallest absolute Gasteiger partial charge is 0.0771 e. The van der Waals surface area contributed by atoms with Gasteiger partial charge in [-0.15, -0.1) is 0 Å². The fraction of sp³-hybridized carbons (Fsp3) is 0.750. The summed E-state index contributed by atoms with van der Waals surface area (Å²) < 4.78 is 7.63. The van der Waals surface area contributed by atoms with Crippen molar-refractivity contribution in [3.8, 4) is 0 Å². The van der Waals surface area contributed by atoms with Crippen LogP contribution < -0.4 is 5.32 Å². The summed E-state index contributed by atoms with van der Waals surface area (Å²) in [7, 11) is 1.95. The van der Waals surface area contributed by atoms with E-state index >= 15 is 0 Å². The second-order valence-corrected chi connectivity index (χ2v) is 4.43. The highest BCUT2D eigenvalue weighted by atomic mass is 16.5. The van der Waals surface area contributed by atoms with E-state index < -0.39 is 0 Å². The second-order valence-electron chi connectivity index (χ2n) is 4.43. The van der Waals surface area contributed by atoms with Crippen LogP contribution in [0.25, 0.3) is 0 Å². The Kier molecular flexibility index (Phi) is 3.96. The lowest BCUT2D eigenvalue weighted by Gasteiger charge is -2.23. The standard InChI is InChI=1S/C12H21N3O/c1-3-6-13-12(11-5-4-7-16-11)10-8-14-15(2)9-10/h8-9,11-13H,3-7H2,1-2H3. The van der Waals surface area contributed by atoms with Crippen LogP contribution in [0.15, 0.2) is 12.4 Å². The molecule has 0 radical (unpaired) electrons. The molecule has 0 aromatic carbocycles. The Bertz CT molecular complexity index is 318. The van der Waals surface area contributed by atoms with Gasteiger partial charge in [0.05, 0.1) is 18.3 Å². The van der Waals surface area contributed by atoms with Gasteiger partial charge in [0.1, 0.15) is 0 Å². The number of hydrogen-bond donors (Lipinski definition) is 1. The lowest BCUT2D eigenvalue weighted by atomic mass is 10.0. The van der Waals surface area contributed by atoms with Gasteiger partial charge in [0.25, 0.3) is 0 Å². The van der Waals surface area contributed by atoms with Gasteiger partial charge in [-0.2, -0.15) is 5.10 Å². The summed E-state index contributed by atoms with van der Waals surface area (Å²) in [6.07, 6.45) is 7.80. The van der Waals surface area contributed by atoms with E-state index in [-0.39, 0.29) is 0 Å². The van der Waals surface area contributed by atoms with E-state index in [9.17, 15) is 0 Å². The first kappa shape index (κ1) is 11.6. The van der Waals surface area contributed by atoms with Crippen molar-refractivity contribution in [3.05, 3.63) is 18.0 Å². The monoisotopic (exact) mass is 223 g/mol. The van der Waals surface area contributed by atoms with Gasteiger partial charge < -0.3 is 10.1 Å². The Hall–Kier alpha value is -0.870.